The molecule has 3 aliphatic rings. The van der Waals surface area contributed by atoms with Crippen LogP contribution in [0.1, 0.15) is 54.6 Å². The molecule has 1 aromatic heterocycles. The quantitative estimate of drug-likeness (QED) is 0.436. The van der Waals surface area contributed by atoms with Crippen LogP contribution in [-0.2, 0) is 12.8 Å². The number of nitrogens with one attached hydrogen (secondary N) is 1. The molecule has 39 heavy (non-hydrogen) atoms. The summed E-state index contributed by atoms with van der Waals surface area (Å²) in [6.45, 7) is 0.671. The van der Waals surface area contributed by atoms with E-state index in [1.54, 1.807) is 6.07 Å². The minimum atomic E-state index is -4.38. The number of H-pyrrole nitrogens is 1. The van der Waals surface area contributed by atoms with E-state index in [9.17, 15) is 13.2 Å². The molecule has 11 heteroatoms. The number of aliphatic imine (C=N–C) groups is 1. The molecule has 0 radical (unpaired) electrons. The van der Waals surface area contributed by atoms with Gasteiger partial charge in [-0.2, -0.15) is 18.4 Å². The Morgan fingerprint density at radius 2 is 1.85 bits per heavy atom. The SMILES string of the molecule is CN1CC(c2nn[nH]n2)=C2N=CC(c3ccc(OCc4cccc(C(F)(F)F)c4)cc3)=C(C3CCCCC3)N21. The van der Waals surface area contributed by atoms with Crippen molar-refractivity contribution >= 4 is 17.4 Å². The number of aromatic amines is 1. The highest BCUT2D eigenvalue weighted by Gasteiger charge is 2.39. The van der Waals surface area contributed by atoms with Crippen LogP contribution in [0.3, 0.4) is 0 Å². The average molecular weight is 536 g/mol. The van der Waals surface area contributed by atoms with Crippen LogP contribution < -0.4 is 4.74 Å². The Morgan fingerprint density at radius 1 is 1.05 bits per heavy atom. The number of aromatic nitrogens is 4. The summed E-state index contributed by atoms with van der Waals surface area (Å²) < 4.78 is 44.9. The van der Waals surface area contributed by atoms with Crippen LogP contribution in [0.15, 0.2) is 65.0 Å². The van der Waals surface area contributed by atoms with Crippen LogP contribution in [0.25, 0.3) is 11.1 Å². The van der Waals surface area contributed by atoms with Gasteiger partial charge in [0.2, 0.25) is 5.82 Å². The molecule has 3 heterocycles. The summed E-state index contributed by atoms with van der Waals surface area (Å²) in [6.07, 6.45) is 3.39. The van der Waals surface area contributed by atoms with E-state index in [2.05, 4.69) is 30.6 Å². The molecule has 1 N–H and O–H groups in total. The summed E-state index contributed by atoms with van der Waals surface area (Å²) in [5, 5.41) is 19.0. The number of hydrogen-bond acceptors (Lipinski definition) is 7. The number of alkyl halides is 3. The Hall–Kier alpha value is -3.99. The minimum Gasteiger partial charge on any atom is -0.489 e. The Labute approximate surface area is 223 Å². The topological polar surface area (TPSA) is 82.5 Å². The van der Waals surface area contributed by atoms with E-state index >= 15 is 0 Å². The molecule has 0 spiro atoms. The van der Waals surface area contributed by atoms with E-state index in [0.29, 0.717) is 29.6 Å². The largest absolute Gasteiger partial charge is 0.489 e. The first-order valence-electron chi connectivity index (χ1n) is 13.0. The summed E-state index contributed by atoms with van der Waals surface area (Å²) in [5.41, 5.74) is 3.99. The summed E-state index contributed by atoms with van der Waals surface area (Å²) in [4.78, 5) is 4.84. The number of allylic oxidation sites excluding steroid dienone is 2. The second kappa shape index (κ2) is 10.3. The van der Waals surface area contributed by atoms with Crippen LogP contribution >= 0.6 is 0 Å². The number of halogens is 3. The Balaban J connectivity index is 1.28. The monoisotopic (exact) mass is 535 g/mol. The van der Waals surface area contributed by atoms with Crippen molar-refractivity contribution in [1.29, 1.82) is 0 Å². The third-order valence-corrected chi connectivity index (χ3v) is 7.45. The molecule has 6 rings (SSSR count). The Bertz CT molecular complexity index is 1420. The Kier molecular flexibility index (Phi) is 6.68. The van der Waals surface area contributed by atoms with Gasteiger partial charge in [0, 0.05) is 30.5 Å². The molecule has 0 amide bonds. The molecular formula is C28H28F3N7O. The molecule has 1 saturated carbocycles. The fraction of sp³-hybridized carbons (Fsp3) is 0.357. The van der Waals surface area contributed by atoms with Gasteiger partial charge in [-0.25, -0.2) is 10.0 Å². The molecule has 2 aromatic carbocycles. The van der Waals surface area contributed by atoms with Gasteiger partial charge in [0.25, 0.3) is 0 Å². The molecule has 0 atom stereocenters. The van der Waals surface area contributed by atoms with Gasteiger partial charge in [-0.15, -0.1) is 10.2 Å². The van der Waals surface area contributed by atoms with E-state index in [0.717, 1.165) is 47.5 Å². The lowest BCUT2D eigenvalue weighted by Gasteiger charge is -2.39. The van der Waals surface area contributed by atoms with Crippen molar-refractivity contribution in [3.63, 3.8) is 0 Å². The molecule has 3 aromatic rings. The first kappa shape index (κ1) is 25.3. The molecule has 2 aliphatic heterocycles. The smallest absolute Gasteiger partial charge is 0.416 e. The molecule has 0 bridgehead atoms. The number of nitrogens with zero attached hydrogens (tertiary/aromatic N) is 6. The fourth-order valence-electron chi connectivity index (χ4n) is 5.58. The van der Waals surface area contributed by atoms with Gasteiger partial charge in [0.05, 0.1) is 17.7 Å². The number of hydrazine groups is 1. The normalized spacial score (nSPS) is 18.7. The number of fused-ring (bicyclic) bond motifs is 1. The number of likely N-dealkylation sites (N-methyl/N-ethyl adjacent to an activating group) is 1. The third kappa shape index (κ3) is 5.06. The third-order valence-electron chi connectivity index (χ3n) is 7.45. The summed E-state index contributed by atoms with van der Waals surface area (Å²) in [5.74, 6) is 2.34. The van der Waals surface area contributed by atoms with E-state index in [-0.39, 0.29) is 6.61 Å². The van der Waals surface area contributed by atoms with Crippen molar-refractivity contribution in [3.05, 3.63) is 82.6 Å². The van der Waals surface area contributed by atoms with Crippen LogP contribution in [0.5, 0.6) is 5.75 Å². The number of tetrazole rings is 1. The lowest BCUT2D eigenvalue weighted by atomic mass is 9.83. The summed E-state index contributed by atoms with van der Waals surface area (Å²) in [6, 6.07) is 12.9. The molecular weight excluding hydrogens is 507 g/mol. The summed E-state index contributed by atoms with van der Waals surface area (Å²) in [7, 11) is 2.04. The van der Waals surface area contributed by atoms with Crippen molar-refractivity contribution in [2.24, 2.45) is 10.9 Å². The van der Waals surface area contributed by atoms with Crippen LogP contribution in [-0.4, -0.2) is 50.4 Å². The lowest BCUT2D eigenvalue weighted by molar-refractivity contribution is -0.137. The standard InChI is InChI=1S/C28H28F3N7O/c1-37-16-24(26-33-35-36-34-26)27-32-15-23(25(38(27)37)20-7-3-2-4-8-20)19-10-12-22(13-11-19)39-17-18-6-5-9-21(14-18)28(29,30)31/h5-6,9-15,20H,2-4,7-8,16-17H2,1H3,(H,33,34,35,36). The maximum Gasteiger partial charge on any atom is 0.416 e. The van der Waals surface area contributed by atoms with Crippen molar-refractivity contribution in [2.45, 2.75) is 44.9 Å². The zero-order valence-electron chi connectivity index (χ0n) is 21.4. The van der Waals surface area contributed by atoms with E-state index in [1.165, 1.54) is 31.0 Å². The predicted molar refractivity (Wildman–Crippen MR) is 140 cm³/mol. The maximum atomic E-state index is 13.0. The van der Waals surface area contributed by atoms with Crippen LogP contribution in [0.4, 0.5) is 13.2 Å². The number of rotatable bonds is 6. The highest BCUT2D eigenvalue weighted by molar-refractivity contribution is 6.12. The molecule has 0 saturated heterocycles. The zero-order valence-corrected chi connectivity index (χ0v) is 21.4. The van der Waals surface area contributed by atoms with Crippen molar-refractivity contribution in [3.8, 4) is 5.75 Å². The van der Waals surface area contributed by atoms with Gasteiger partial charge in [-0.3, -0.25) is 5.01 Å². The molecule has 8 nitrogen and oxygen atoms in total. The molecule has 1 aliphatic carbocycles. The van der Waals surface area contributed by atoms with Gasteiger partial charge in [-0.1, -0.05) is 43.5 Å². The van der Waals surface area contributed by atoms with Gasteiger partial charge in [-0.05, 0) is 53.4 Å². The average Bonchev–Trinajstić information content (AvgIpc) is 3.60. The number of hydrogen-bond donors (Lipinski definition) is 1. The highest BCUT2D eigenvalue weighted by Crippen LogP contribution is 2.44. The van der Waals surface area contributed by atoms with E-state index in [4.69, 9.17) is 9.73 Å². The maximum absolute atomic E-state index is 13.0. The second-order valence-corrected chi connectivity index (χ2v) is 10.1. The van der Waals surface area contributed by atoms with Gasteiger partial charge in [0.1, 0.15) is 12.4 Å². The van der Waals surface area contributed by atoms with Crippen LogP contribution in [0.2, 0.25) is 0 Å². The van der Waals surface area contributed by atoms with Crippen molar-refractivity contribution in [2.75, 3.05) is 13.6 Å². The molecule has 202 valence electrons. The van der Waals surface area contributed by atoms with Crippen molar-refractivity contribution < 1.29 is 17.9 Å². The van der Waals surface area contributed by atoms with Gasteiger partial charge in [0.15, 0.2) is 5.82 Å². The lowest BCUT2D eigenvalue weighted by Crippen LogP contribution is -2.38. The predicted octanol–water partition coefficient (Wildman–Crippen LogP) is 5.70. The van der Waals surface area contributed by atoms with E-state index < -0.39 is 11.7 Å². The molecule has 0 unspecified atom stereocenters. The minimum absolute atomic E-state index is 0.0479. The molecule has 1 fully saturated rings. The van der Waals surface area contributed by atoms with Gasteiger partial charge >= 0.3 is 6.18 Å². The number of ether oxygens (including phenoxy) is 1. The zero-order chi connectivity index (χ0) is 27.0. The second-order valence-electron chi connectivity index (χ2n) is 10.1. The van der Waals surface area contributed by atoms with E-state index in [1.807, 2.05) is 37.5 Å². The highest BCUT2D eigenvalue weighted by atomic mass is 19.4. The summed E-state index contributed by atoms with van der Waals surface area (Å²) >= 11 is 0. The first-order chi connectivity index (χ1) is 18.9. The fourth-order valence-corrected chi connectivity index (χ4v) is 5.58. The number of benzene rings is 2. The Morgan fingerprint density at radius 3 is 2.56 bits per heavy atom. The first-order valence-corrected chi connectivity index (χ1v) is 13.0. The van der Waals surface area contributed by atoms with Crippen molar-refractivity contribution in [1.82, 2.24) is 30.6 Å². The van der Waals surface area contributed by atoms with Gasteiger partial charge < -0.3 is 4.74 Å². The van der Waals surface area contributed by atoms with Crippen LogP contribution in [0, 0.1) is 5.92 Å².